The van der Waals surface area contributed by atoms with Crippen LogP contribution in [0.15, 0.2) is 18.2 Å². The van der Waals surface area contributed by atoms with E-state index in [4.69, 9.17) is 10.5 Å². The van der Waals surface area contributed by atoms with Gasteiger partial charge in [0.2, 0.25) is 5.82 Å². The molecule has 0 spiro atoms. The van der Waals surface area contributed by atoms with Crippen molar-refractivity contribution in [3.63, 3.8) is 0 Å². The lowest BCUT2D eigenvalue weighted by atomic mass is 10.1. The van der Waals surface area contributed by atoms with Crippen LogP contribution in [0.5, 0.6) is 0 Å². The average molecular weight is 276 g/mol. The Bertz CT molecular complexity index is 622. The summed E-state index contributed by atoms with van der Waals surface area (Å²) in [5.74, 6) is -0.135. The second-order valence-corrected chi connectivity index (χ2v) is 4.44. The number of esters is 1. The van der Waals surface area contributed by atoms with Gasteiger partial charge in [0, 0.05) is 19.8 Å². The Kier molecular flexibility index (Phi) is 3.83. The molecule has 0 fully saturated rings. The minimum atomic E-state index is -0.478. The summed E-state index contributed by atoms with van der Waals surface area (Å²) in [6.07, 6.45) is 0. The van der Waals surface area contributed by atoms with E-state index in [1.165, 1.54) is 4.80 Å². The number of hydrogen-bond donors (Lipinski definition) is 1. The minimum Gasteiger partial charge on any atom is -0.454 e. The van der Waals surface area contributed by atoms with Gasteiger partial charge in [-0.2, -0.15) is 4.80 Å². The third-order valence-electron chi connectivity index (χ3n) is 2.60. The number of nitrogens with zero attached hydrogens (tertiary/aromatic N) is 5. The summed E-state index contributed by atoms with van der Waals surface area (Å²) in [5.41, 5.74) is 7.35. The Morgan fingerprint density at radius 2 is 2.20 bits per heavy atom. The molecule has 0 aliphatic carbocycles. The van der Waals surface area contributed by atoms with Crippen molar-refractivity contribution in [3.8, 4) is 0 Å². The molecule has 0 atom stereocenters. The standard InChI is InChI=1S/C12H16N6O2/c1-17(2)10-5-4-8(13)6-9(10)12(19)20-7-11-14-16-18(3)15-11/h4-6H,7,13H2,1-3H3. The second kappa shape index (κ2) is 5.55. The van der Waals surface area contributed by atoms with Crippen LogP contribution in [0.2, 0.25) is 0 Å². The van der Waals surface area contributed by atoms with Crippen LogP contribution in [0.1, 0.15) is 16.2 Å². The fourth-order valence-corrected chi connectivity index (χ4v) is 1.70. The number of nitrogen functional groups attached to an aromatic ring is 1. The molecule has 8 nitrogen and oxygen atoms in total. The first-order chi connectivity index (χ1) is 9.47. The van der Waals surface area contributed by atoms with Gasteiger partial charge in [-0.15, -0.1) is 10.2 Å². The van der Waals surface area contributed by atoms with Crippen molar-refractivity contribution < 1.29 is 9.53 Å². The molecular weight excluding hydrogens is 260 g/mol. The number of hydrogen-bond acceptors (Lipinski definition) is 7. The van der Waals surface area contributed by atoms with Crippen LogP contribution in [0.25, 0.3) is 0 Å². The zero-order chi connectivity index (χ0) is 14.7. The molecule has 106 valence electrons. The number of carbonyl (C=O) groups excluding carboxylic acids is 1. The molecule has 1 aromatic heterocycles. The maximum absolute atomic E-state index is 12.1. The van der Waals surface area contributed by atoms with Gasteiger partial charge in [-0.1, -0.05) is 0 Å². The van der Waals surface area contributed by atoms with E-state index >= 15 is 0 Å². The lowest BCUT2D eigenvalue weighted by molar-refractivity contribution is 0.0463. The van der Waals surface area contributed by atoms with Gasteiger partial charge in [-0.25, -0.2) is 4.79 Å². The average Bonchev–Trinajstić information content (AvgIpc) is 2.81. The van der Waals surface area contributed by atoms with Crippen molar-refractivity contribution in [3.05, 3.63) is 29.6 Å². The largest absolute Gasteiger partial charge is 0.454 e. The number of anilines is 2. The van der Waals surface area contributed by atoms with Crippen molar-refractivity contribution in [1.82, 2.24) is 20.2 Å². The van der Waals surface area contributed by atoms with E-state index in [9.17, 15) is 4.79 Å². The van der Waals surface area contributed by atoms with Gasteiger partial charge in [0.15, 0.2) is 6.61 Å². The molecule has 0 aliphatic rings. The number of aryl methyl sites for hydroxylation is 1. The van der Waals surface area contributed by atoms with Crippen LogP contribution in [0, 0.1) is 0 Å². The topological polar surface area (TPSA) is 99.2 Å². The SMILES string of the molecule is CN(C)c1ccc(N)cc1C(=O)OCc1nnn(C)n1. The van der Waals surface area contributed by atoms with E-state index in [1.54, 1.807) is 25.2 Å². The van der Waals surface area contributed by atoms with E-state index < -0.39 is 5.97 Å². The molecular formula is C12H16N6O2. The highest BCUT2D eigenvalue weighted by molar-refractivity contribution is 5.96. The van der Waals surface area contributed by atoms with Gasteiger partial charge in [0.1, 0.15) is 0 Å². The Morgan fingerprint density at radius 3 is 2.80 bits per heavy atom. The molecule has 0 saturated carbocycles. The number of nitrogens with two attached hydrogens (primary N) is 1. The maximum atomic E-state index is 12.1. The van der Waals surface area contributed by atoms with Crippen LogP contribution in [0.4, 0.5) is 11.4 Å². The van der Waals surface area contributed by atoms with Crippen LogP contribution in [-0.4, -0.2) is 40.3 Å². The van der Waals surface area contributed by atoms with Gasteiger partial charge in [0.05, 0.1) is 18.3 Å². The van der Waals surface area contributed by atoms with Gasteiger partial charge in [-0.05, 0) is 23.4 Å². The normalized spacial score (nSPS) is 10.3. The molecule has 0 aliphatic heterocycles. The fourth-order valence-electron chi connectivity index (χ4n) is 1.70. The highest BCUT2D eigenvalue weighted by atomic mass is 16.5. The number of ether oxygens (including phenoxy) is 1. The molecule has 2 rings (SSSR count). The second-order valence-electron chi connectivity index (χ2n) is 4.44. The zero-order valence-corrected chi connectivity index (χ0v) is 11.6. The Morgan fingerprint density at radius 1 is 1.45 bits per heavy atom. The molecule has 8 heteroatoms. The van der Waals surface area contributed by atoms with E-state index in [2.05, 4.69) is 15.4 Å². The minimum absolute atomic E-state index is 0.0334. The molecule has 0 unspecified atom stereocenters. The zero-order valence-electron chi connectivity index (χ0n) is 11.6. The summed E-state index contributed by atoms with van der Waals surface area (Å²) in [6, 6.07) is 5.09. The first-order valence-corrected chi connectivity index (χ1v) is 5.94. The molecule has 0 saturated heterocycles. The lowest BCUT2D eigenvalue weighted by Crippen LogP contribution is -2.16. The third-order valence-corrected chi connectivity index (χ3v) is 2.60. The number of aromatic nitrogens is 4. The number of carbonyl (C=O) groups is 1. The first kappa shape index (κ1) is 13.8. The fraction of sp³-hybridized carbons (Fsp3) is 0.333. The molecule has 2 N–H and O–H groups in total. The molecule has 0 radical (unpaired) electrons. The predicted molar refractivity (Wildman–Crippen MR) is 73.1 cm³/mol. The Balaban J connectivity index is 2.14. The van der Waals surface area contributed by atoms with Crippen LogP contribution < -0.4 is 10.6 Å². The summed E-state index contributed by atoms with van der Waals surface area (Å²) in [4.78, 5) is 15.2. The highest BCUT2D eigenvalue weighted by Gasteiger charge is 2.16. The number of benzene rings is 1. The van der Waals surface area contributed by atoms with Crippen molar-refractivity contribution in [2.75, 3.05) is 24.7 Å². The summed E-state index contributed by atoms with van der Waals surface area (Å²) in [5, 5.41) is 11.3. The van der Waals surface area contributed by atoms with Crippen LogP contribution >= 0.6 is 0 Å². The van der Waals surface area contributed by atoms with Crippen molar-refractivity contribution in [2.24, 2.45) is 7.05 Å². The highest BCUT2D eigenvalue weighted by Crippen LogP contribution is 2.22. The van der Waals surface area contributed by atoms with E-state index in [-0.39, 0.29) is 6.61 Å². The van der Waals surface area contributed by atoms with E-state index in [0.29, 0.717) is 17.1 Å². The van der Waals surface area contributed by atoms with E-state index in [1.807, 2.05) is 19.0 Å². The van der Waals surface area contributed by atoms with Crippen LogP contribution in [0.3, 0.4) is 0 Å². The molecule has 20 heavy (non-hydrogen) atoms. The molecule has 0 amide bonds. The Hall–Kier alpha value is -2.64. The molecule has 2 aromatic rings. The third kappa shape index (κ3) is 3.02. The molecule has 1 aromatic carbocycles. The number of tetrazole rings is 1. The van der Waals surface area contributed by atoms with Crippen molar-refractivity contribution in [2.45, 2.75) is 6.61 Å². The van der Waals surface area contributed by atoms with Crippen molar-refractivity contribution >= 4 is 17.3 Å². The predicted octanol–water partition coefficient (Wildman–Crippen LogP) is 0.215. The maximum Gasteiger partial charge on any atom is 0.340 e. The van der Waals surface area contributed by atoms with Gasteiger partial charge >= 0.3 is 5.97 Å². The monoisotopic (exact) mass is 276 g/mol. The smallest absolute Gasteiger partial charge is 0.340 e. The van der Waals surface area contributed by atoms with E-state index in [0.717, 1.165) is 5.69 Å². The lowest BCUT2D eigenvalue weighted by Gasteiger charge is -2.16. The van der Waals surface area contributed by atoms with Gasteiger partial charge in [-0.3, -0.25) is 0 Å². The summed E-state index contributed by atoms with van der Waals surface area (Å²) in [6.45, 7) is -0.0334. The summed E-state index contributed by atoms with van der Waals surface area (Å²) < 4.78 is 5.17. The number of rotatable bonds is 4. The summed E-state index contributed by atoms with van der Waals surface area (Å²) in [7, 11) is 5.32. The summed E-state index contributed by atoms with van der Waals surface area (Å²) >= 11 is 0. The molecule has 0 bridgehead atoms. The quantitative estimate of drug-likeness (QED) is 0.629. The van der Waals surface area contributed by atoms with Gasteiger partial charge < -0.3 is 15.4 Å². The Labute approximate surface area is 116 Å². The first-order valence-electron chi connectivity index (χ1n) is 5.94. The molecule has 1 heterocycles. The van der Waals surface area contributed by atoms with Gasteiger partial charge in [0.25, 0.3) is 0 Å². The van der Waals surface area contributed by atoms with Crippen LogP contribution in [-0.2, 0) is 18.4 Å². The van der Waals surface area contributed by atoms with Crippen molar-refractivity contribution in [1.29, 1.82) is 0 Å².